The number of nitriles is 1. The highest BCUT2D eigenvalue weighted by molar-refractivity contribution is 9.10. The minimum atomic E-state index is -0.186. The maximum absolute atomic E-state index is 11.1. The quantitative estimate of drug-likeness (QED) is 0.839. The first-order valence-electron chi connectivity index (χ1n) is 4.75. The maximum atomic E-state index is 11.1. The summed E-state index contributed by atoms with van der Waals surface area (Å²) in [6, 6.07) is 9.26. The summed E-state index contributed by atoms with van der Waals surface area (Å²) in [5, 5.41) is 10.7. The van der Waals surface area contributed by atoms with Crippen LogP contribution in [0.1, 0.15) is 6.42 Å². The standard InChI is InChI=1S/C11H11BrN2O2/c12-9-3-1-2-4-10(9)16-8-5-11(15)14-7-6-13/h1-4H,5,7-8H2,(H,14,15). The minimum Gasteiger partial charge on any atom is -0.492 e. The normalized spacial score (nSPS) is 9.25. The van der Waals surface area contributed by atoms with Crippen LogP contribution in [-0.2, 0) is 4.79 Å². The number of hydrogen-bond donors (Lipinski definition) is 1. The van der Waals surface area contributed by atoms with Gasteiger partial charge in [-0.15, -0.1) is 0 Å². The number of nitrogens with zero attached hydrogens (tertiary/aromatic N) is 1. The molecule has 0 saturated heterocycles. The first-order valence-corrected chi connectivity index (χ1v) is 5.54. The second-order valence-electron chi connectivity index (χ2n) is 2.96. The van der Waals surface area contributed by atoms with Crippen molar-refractivity contribution < 1.29 is 9.53 Å². The van der Waals surface area contributed by atoms with Crippen molar-refractivity contribution in [3.63, 3.8) is 0 Å². The van der Waals surface area contributed by atoms with Crippen LogP contribution in [0.4, 0.5) is 0 Å². The number of rotatable bonds is 5. The van der Waals surface area contributed by atoms with E-state index in [0.29, 0.717) is 12.4 Å². The Morgan fingerprint density at radius 2 is 2.25 bits per heavy atom. The lowest BCUT2D eigenvalue weighted by Gasteiger charge is -2.07. The van der Waals surface area contributed by atoms with Gasteiger partial charge in [0.05, 0.1) is 23.6 Å². The molecular formula is C11H11BrN2O2. The molecule has 0 aromatic heterocycles. The van der Waals surface area contributed by atoms with Crippen LogP contribution in [0.2, 0.25) is 0 Å². The summed E-state index contributed by atoms with van der Waals surface area (Å²) in [4.78, 5) is 11.1. The average molecular weight is 283 g/mol. The van der Waals surface area contributed by atoms with Gasteiger partial charge in [0.15, 0.2) is 0 Å². The van der Waals surface area contributed by atoms with Gasteiger partial charge < -0.3 is 10.1 Å². The zero-order valence-electron chi connectivity index (χ0n) is 8.57. The van der Waals surface area contributed by atoms with E-state index in [0.717, 1.165) is 4.47 Å². The molecule has 0 unspecified atom stereocenters. The van der Waals surface area contributed by atoms with Gasteiger partial charge in [0.1, 0.15) is 12.3 Å². The summed E-state index contributed by atoms with van der Waals surface area (Å²) >= 11 is 3.34. The molecule has 0 heterocycles. The van der Waals surface area contributed by atoms with E-state index >= 15 is 0 Å². The molecule has 1 N–H and O–H groups in total. The molecule has 0 atom stereocenters. The molecular weight excluding hydrogens is 272 g/mol. The zero-order chi connectivity index (χ0) is 11.8. The van der Waals surface area contributed by atoms with E-state index in [2.05, 4.69) is 21.2 Å². The molecule has 0 spiro atoms. The molecule has 0 aliphatic heterocycles. The molecule has 1 aromatic rings. The molecule has 1 amide bonds. The number of halogens is 1. The lowest BCUT2D eigenvalue weighted by Crippen LogP contribution is -2.25. The lowest BCUT2D eigenvalue weighted by molar-refractivity contribution is -0.121. The Labute approximate surface area is 102 Å². The number of amides is 1. The topological polar surface area (TPSA) is 62.1 Å². The molecule has 0 saturated carbocycles. The van der Waals surface area contributed by atoms with Gasteiger partial charge in [0.25, 0.3) is 0 Å². The van der Waals surface area contributed by atoms with Crippen LogP contribution < -0.4 is 10.1 Å². The predicted octanol–water partition coefficient (Wildman–Crippen LogP) is 1.86. The van der Waals surface area contributed by atoms with Crippen LogP contribution in [0.25, 0.3) is 0 Å². The van der Waals surface area contributed by atoms with Crippen molar-refractivity contribution >= 4 is 21.8 Å². The lowest BCUT2D eigenvalue weighted by atomic mass is 10.3. The Kier molecular flexibility index (Phi) is 5.37. The largest absolute Gasteiger partial charge is 0.492 e. The van der Waals surface area contributed by atoms with Crippen LogP contribution in [-0.4, -0.2) is 19.1 Å². The Hall–Kier alpha value is -1.54. The summed E-state index contributed by atoms with van der Waals surface area (Å²) in [7, 11) is 0. The molecule has 0 aliphatic rings. The monoisotopic (exact) mass is 282 g/mol. The van der Waals surface area contributed by atoms with E-state index in [9.17, 15) is 4.79 Å². The number of hydrogen-bond acceptors (Lipinski definition) is 3. The third-order valence-electron chi connectivity index (χ3n) is 1.79. The maximum Gasteiger partial charge on any atom is 0.224 e. The molecule has 1 rings (SSSR count). The number of carbonyl (C=O) groups excluding carboxylic acids is 1. The van der Waals surface area contributed by atoms with Crippen molar-refractivity contribution in [2.45, 2.75) is 6.42 Å². The highest BCUT2D eigenvalue weighted by Crippen LogP contribution is 2.23. The van der Waals surface area contributed by atoms with E-state index in [4.69, 9.17) is 10.00 Å². The summed E-state index contributed by atoms with van der Waals surface area (Å²) in [6.07, 6.45) is 0.239. The van der Waals surface area contributed by atoms with E-state index in [1.54, 1.807) is 0 Å². The molecule has 5 heteroatoms. The summed E-state index contributed by atoms with van der Waals surface area (Å²) in [6.45, 7) is 0.327. The average Bonchev–Trinajstić information content (AvgIpc) is 2.29. The Balaban J connectivity index is 2.29. The summed E-state index contributed by atoms with van der Waals surface area (Å²) in [5.74, 6) is 0.518. The zero-order valence-corrected chi connectivity index (χ0v) is 10.2. The van der Waals surface area contributed by atoms with Gasteiger partial charge in [0, 0.05) is 0 Å². The molecule has 84 valence electrons. The fourth-order valence-corrected chi connectivity index (χ4v) is 1.44. The third kappa shape index (κ3) is 4.32. The number of benzene rings is 1. The van der Waals surface area contributed by atoms with Crippen molar-refractivity contribution in [1.29, 1.82) is 5.26 Å². The molecule has 0 radical (unpaired) electrons. The van der Waals surface area contributed by atoms with E-state index in [1.165, 1.54) is 0 Å². The number of nitrogens with one attached hydrogen (secondary N) is 1. The molecule has 4 nitrogen and oxygen atoms in total. The first kappa shape index (κ1) is 12.5. The third-order valence-corrected chi connectivity index (χ3v) is 2.44. The Bertz CT molecular complexity index is 401. The fourth-order valence-electron chi connectivity index (χ4n) is 1.04. The molecule has 1 aromatic carbocycles. The van der Waals surface area contributed by atoms with Crippen molar-refractivity contribution in [3.05, 3.63) is 28.7 Å². The summed E-state index contributed by atoms with van der Waals surface area (Å²) in [5.41, 5.74) is 0. The van der Waals surface area contributed by atoms with Gasteiger partial charge >= 0.3 is 0 Å². The summed E-state index contributed by atoms with van der Waals surface area (Å²) < 4.78 is 6.25. The highest BCUT2D eigenvalue weighted by atomic mass is 79.9. The molecule has 16 heavy (non-hydrogen) atoms. The van der Waals surface area contributed by atoms with Gasteiger partial charge in [-0.2, -0.15) is 5.26 Å². The van der Waals surface area contributed by atoms with Crippen molar-refractivity contribution in [2.24, 2.45) is 0 Å². The van der Waals surface area contributed by atoms with Gasteiger partial charge in [-0.3, -0.25) is 4.79 Å². The van der Waals surface area contributed by atoms with Gasteiger partial charge in [-0.25, -0.2) is 0 Å². The molecule has 0 aliphatic carbocycles. The SMILES string of the molecule is N#CCNC(=O)CCOc1ccccc1Br. The van der Waals surface area contributed by atoms with E-state index in [1.807, 2.05) is 30.3 Å². The van der Waals surface area contributed by atoms with Crippen LogP contribution in [0.15, 0.2) is 28.7 Å². The highest BCUT2D eigenvalue weighted by Gasteiger charge is 2.02. The number of ether oxygens (including phenoxy) is 1. The second kappa shape index (κ2) is 6.85. The van der Waals surface area contributed by atoms with Gasteiger partial charge in [-0.05, 0) is 28.1 Å². The van der Waals surface area contributed by atoms with Crippen molar-refractivity contribution in [2.75, 3.05) is 13.2 Å². The van der Waals surface area contributed by atoms with E-state index < -0.39 is 0 Å². The van der Waals surface area contributed by atoms with Crippen LogP contribution >= 0.6 is 15.9 Å². The van der Waals surface area contributed by atoms with E-state index in [-0.39, 0.29) is 18.9 Å². The minimum absolute atomic E-state index is 0.0356. The second-order valence-corrected chi connectivity index (χ2v) is 3.82. The molecule has 0 fully saturated rings. The van der Waals surface area contributed by atoms with Crippen molar-refractivity contribution in [1.82, 2.24) is 5.32 Å². The Morgan fingerprint density at radius 3 is 2.94 bits per heavy atom. The Morgan fingerprint density at radius 1 is 1.50 bits per heavy atom. The number of carbonyl (C=O) groups is 1. The van der Waals surface area contributed by atoms with Crippen molar-refractivity contribution in [3.8, 4) is 11.8 Å². The molecule has 0 bridgehead atoms. The van der Waals surface area contributed by atoms with Crippen LogP contribution in [0.3, 0.4) is 0 Å². The van der Waals surface area contributed by atoms with Crippen LogP contribution in [0, 0.1) is 11.3 Å². The fraction of sp³-hybridized carbons (Fsp3) is 0.273. The predicted molar refractivity (Wildman–Crippen MR) is 62.9 cm³/mol. The van der Waals surface area contributed by atoms with Gasteiger partial charge in [0.2, 0.25) is 5.91 Å². The number of para-hydroxylation sites is 1. The first-order chi connectivity index (χ1) is 7.74. The smallest absolute Gasteiger partial charge is 0.224 e. The van der Waals surface area contributed by atoms with Crippen LogP contribution in [0.5, 0.6) is 5.75 Å². The van der Waals surface area contributed by atoms with Gasteiger partial charge in [-0.1, -0.05) is 12.1 Å².